The second kappa shape index (κ2) is 6.43. The van der Waals surface area contributed by atoms with Crippen LogP contribution in [-0.4, -0.2) is 28.8 Å². The number of esters is 1. The Morgan fingerprint density at radius 1 is 1.40 bits per heavy atom. The van der Waals surface area contributed by atoms with E-state index in [1.165, 1.54) is 32.4 Å². The normalized spacial score (nSPS) is 16.1. The molecular weight excluding hydrogens is 326 g/mol. The molecule has 1 heterocycles. The lowest BCUT2D eigenvalue weighted by Gasteiger charge is -2.22. The summed E-state index contributed by atoms with van der Waals surface area (Å²) in [6.45, 7) is 0. The molecule has 1 fully saturated rings. The predicted molar refractivity (Wildman–Crippen MR) is 77.2 cm³/mol. The first kappa shape index (κ1) is 15.1. The molecule has 20 heavy (non-hydrogen) atoms. The summed E-state index contributed by atoms with van der Waals surface area (Å²) in [6, 6.07) is 1.53. The maximum atomic E-state index is 11.7. The van der Waals surface area contributed by atoms with E-state index in [0.717, 1.165) is 17.4 Å². The van der Waals surface area contributed by atoms with E-state index in [2.05, 4.69) is 20.7 Å². The van der Waals surface area contributed by atoms with Crippen LogP contribution in [-0.2, 0) is 11.2 Å². The third-order valence-electron chi connectivity index (χ3n) is 3.84. The highest BCUT2D eigenvalue weighted by Crippen LogP contribution is 2.31. The highest BCUT2D eigenvalue weighted by molar-refractivity contribution is 9.10. The molecule has 0 saturated heterocycles. The number of rotatable bonds is 3. The second-order valence-corrected chi connectivity index (χ2v) is 6.00. The van der Waals surface area contributed by atoms with E-state index in [-0.39, 0.29) is 5.69 Å². The highest BCUT2D eigenvalue weighted by atomic mass is 79.9. The van der Waals surface area contributed by atoms with E-state index in [1.807, 2.05) is 0 Å². The lowest BCUT2D eigenvalue weighted by molar-refractivity contribution is 0.0587. The van der Waals surface area contributed by atoms with Crippen LogP contribution in [0.2, 0.25) is 0 Å². The number of hydrogen-bond acceptors (Lipinski definition) is 3. The van der Waals surface area contributed by atoms with E-state index in [0.29, 0.717) is 22.5 Å². The van der Waals surface area contributed by atoms with Crippen molar-refractivity contribution < 1.29 is 19.4 Å². The number of carbonyl (C=O) groups is 2. The van der Waals surface area contributed by atoms with E-state index in [1.54, 1.807) is 0 Å². The average Bonchev–Trinajstić information content (AvgIpc) is 2.76. The summed E-state index contributed by atoms with van der Waals surface area (Å²) in [5, 5.41) is 9.37. The molecule has 1 aliphatic carbocycles. The van der Waals surface area contributed by atoms with Gasteiger partial charge in [-0.2, -0.15) is 0 Å². The van der Waals surface area contributed by atoms with Crippen molar-refractivity contribution in [2.75, 3.05) is 7.11 Å². The number of carboxylic acid groups (broad SMARTS) is 1. The summed E-state index contributed by atoms with van der Waals surface area (Å²) in [7, 11) is 1.25. The van der Waals surface area contributed by atoms with Gasteiger partial charge in [0, 0.05) is 10.2 Å². The lowest BCUT2D eigenvalue weighted by atomic mass is 9.86. The number of aromatic nitrogens is 1. The van der Waals surface area contributed by atoms with Crippen LogP contribution >= 0.6 is 15.9 Å². The molecule has 1 saturated carbocycles. The van der Waals surface area contributed by atoms with Gasteiger partial charge in [-0.05, 0) is 34.3 Å². The lowest BCUT2D eigenvalue weighted by Crippen LogP contribution is -2.21. The molecule has 1 N–H and O–H groups in total. The van der Waals surface area contributed by atoms with Crippen LogP contribution in [0.1, 0.15) is 48.3 Å². The highest BCUT2D eigenvalue weighted by Gasteiger charge is 2.26. The molecule has 0 aromatic carbocycles. The zero-order valence-corrected chi connectivity index (χ0v) is 13.0. The molecule has 0 radical (unpaired) electrons. The van der Waals surface area contributed by atoms with E-state index < -0.39 is 12.1 Å². The van der Waals surface area contributed by atoms with Crippen LogP contribution in [0.15, 0.2) is 10.5 Å². The van der Waals surface area contributed by atoms with Gasteiger partial charge in [0.1, 0.15) is 5.69 Å². The van der Waals surface area contributed by atoms with Gasteiger partial charge in [0.2, 0.25) is 0 Å². The van der Waals surface area contributed by atoms with Crippen LogP contribution in [0.25, 0.3) is 0 Å². The number of methoxy groups -OCH3 is 1. The first-order chi connectivity index (χ1) is 9.54. The Morgan fingerprint density at radius 2 is 2.05 bits per heavy atom. The maximum absolute atomic E-state index is 11.7. The molecule has 1 aromatic rings. The molecule has 0 spiro atoms. The van der Waals surface area contributed by atoms with Crippen molar-refractivity contribution in [3.05, 3.63) is 21.9 Å². The second-order valence-electron chi connectivity index (χ2n) is 5.14. The number of halogens is 1. The molecule has 6 heteroatoms. The van der Waals surface area contributed by atoms with Crippen LogP contribution in [0, 0.1) is 5.92 Å². The van der Waals surface area contributed by atoms with Gasteiger partial charge in [0.05, 0.1) is 7.11 Å². The van der Waals surface area contributed by atoms with Crippen LogP contribution in [0.4, 0.5) is 4.79 Å². The van der Waals surface area contributed by atoms with Gasteiger partial charge >= 0.3 is 12.1 Å². The third-order valence-corrected chi connectivity index (χ3v) is 4.53. The van der Waals surface area contributed by atoms with E-state index in [4.69, 9.17) is 0 Å². The summed E-state index contributed by atoms with van der Waals surface area (Å²) in [4.78, 5) is 23.1. The zero-order valence-electron chi connectivity index (χ0n) is 11.4. The fourth-order valence-corrected chi connectivity index (χ4v) is 3.40. The predicted octanol–water partition coefficient (Wildman–Crippen LogP) is 3.69. The Morgan fingerprint density at radius 3 is 2.60 bits per heavy atom. The Bertz CT molecular complexity index is 517. The summed E-state index contributed by atoms with van der Waals surface area (Å²) >= 11 is 3.37. The van der Waals surface area contributed by atoms with Crippen LogP contribution < -0.4 is 0 Å². The van der Waals surface area contributed by atoms with Gasteiger partial charge in [0.25, 0.3) is 0 Å². The minimum Gasteiger partial charge on any atom is -0.464 e. The summed E-state index contributed by atoms with van der Waals surface area (Å²) in [5.74, 6) is -0.151. The maximum Gasteiger partial charge on any atom is 0.416 e. The largest absolute Gasteiger partial charge is 0.464 e. The topological polar surface area (TPSA) is 68.5 Å². The molecule has 1 aliphatic rings. The average molecular weight is 344 g/mol. The Hall–Kier alpha value is -1.30. The van der Waals surface area contributed by atoms with Crippen molar-refractivity contribution >= 4 is 28.0 Å². The SMILES string of the molecule is COC(=O)c1cc(Br)c(CC2CCCCC2)n1C(=O)O. The minimum absolute atomic E-state index is 0.0534. The Balaban J connectivity index is 2.33. The van der Waals surface area contributed by atoms with Gasteiger partial charge in [-0.25, -0.2) is 14.2 Å². The van der Waals surface area contributed by atoms with E-state index >= 15 is 0 Å². The molecule has 1 aromatic heterocycles. The first-order valence-corrected chi connectivity index (χ1v) is 7.55. The molecular formula is C14H18BrNO4. The molecule has 110 valence electrons. The van der Waals surface area contributed by atoms with Crippen LogP contribution in [0.3, 0.4) is 0 Å². The van der Waals surface area contributed by atoms with Gasteiger partial charge in [0.15, 0.2) is 0 Å². The minimum atomic E-state index is -1.15. The molecule has 0 amide bonds. The molecule has 2 rings (SSSR count). The van der Waals surface area contributed by atoms with Crippen molar-refractivity contribution in [2.45, 2.75) is 38.5 Å². The van der Waals surface area contributed by atoms with Crippen molar-refractivity contribution in [1.29, 1.82) is 0 Å². The smallest absolute Gasteiger partial charge is 0.416 e. The quantitative estimate of drug-likeness (QED) is 0.849. The number of ether oxygens (including phenoxy) is 1. The number of hydrogen-bond donors (Lipinski definition) is 1. The number of carbonyl (C=O) groups excluding carboxylic acids is 1. The van der Waals surface area contributed by atoms with Crippen molar-refractivity contribution in [1.82, 2.24) is 4.57 Å². The molecule has 0 atom stereocenters. The fraction of sp³-hybridized carbons (Fsp3) is 0.571. The van der Waals surface area contributed by atoms with E-state index in [9.17, 15) is 14.7 Å². The Labute approximate surface area is 126 Å². The molecule has 0 unspecified atom stereocenters. The molecule has 0 aliphatic heterocycles. The summed E-state index contributed by atoms with van der Waals surface area (Å²) < 4.78 is 6.35. The van der Waals surface area contributed by atoms with Crippen molar-refractivity contribution in [2.24, 2.45) is 5.92 Å². The van der Waals surface area contributed by atoms with Crippen molar-refractivity contribution in [3.8, 4) is 0 Å². The first-order valence-electron chi connectivity index (χ1n) is 6.76. The molecule has 5 nitrogen and oxygen atoms in total. The van der Waals surface area contributed by atoms with Gasteiger partial charge in [-0.3, -0.25) is 0 Å². The van der Waals surface area contributed by atoms with Gasteiger partial charge < -0.3 is 9.84 Å². The van der Waals surface area contributed by atoms with Gasteiger partial charge in [-0.1, -0.05) is 32.1 Å². The zero-order chi connectivity index (χ0) is 14.7. The van der Waals surface area contributed by atoms with Crippen molar-refractivity contribution in [3.63, 3.8) is 0 Å². The standard InChI is InChI=1S/C14H18BrNO4/c1-20-13(17)12-8-10(15)11(16(12)14(18)19)7-9-5-3-2-4-6-9/h8-9H,2-7H2,1H3,(H,18,19). The number of nitrogens with zero attached hydrogens (tertiary/aromatic N) is 1. The van der Waals surface area contributed by atoms with Crippen LogP contribution in [0.5, 0.6) is 0 Å². The van der Waals surface area contributed by atoms with Gasteiger partial charge in [-0.15, -0.1) is 0 Å². The monoisotopic (exact) mass is 343 g/mol. The third kappa shape index (κ3) is 3.06. The fourth-order valence-electron chi connectivity index (χ4n) is 2.85. The molecule has 0 bridgehead atoms. The summed E-state index contributed by atoms with van der Waals surface area (Å²) in [5.41, 5.74) is 0.697. The summed E-state index contributed by atoms with van der Waals surface area (Å²) in [6.07, 6.45) is 5.39. The Kier molecular flexibility index (Phi) is 4.86.